The van der Waals surface area contributed by atoms with Gasteiger partial charge in [-0.05, 0) is 42.8 Å². The Bertz CT molecular complexity index is 620. The van der Waals surface area contributed by atoms with Crippen LogP contribution in [0.3, 0.4) is 0 Å². The quantitative estimate of drug-likeness (QED) is 0.624. The third kappa shape index (κ3) is 2.41. The van der Waals surface area contributed by atoms with Crippen LogP contribution in [0.1, 0.15) is 29.6 Å². The average molecular weight is 322 g/mol. The molecule has 1 saturated carbocycles. The Hall–Kier alpha value is -1.29. The molecule has 0 spiro atoms. The highest BCUT2D eigenvalue weighted by atomic mass is 79.9. The fraction of sp³-hybridized carbons (Fsp3) is 0.400. The summed E-state index contributed by atoms with van der Waals surface area (Å²) in [6.07, 6.45) is 5.15. The van der Waals surface area contributed by atoms with Gasteiger partial charge in [0.25, 0.3) is 0 Å². The summed E-state index contributed by atoms with van der Waals surface area (Å²) in [5.74, 6) is -0.223. The first kappa shape index (κ1) is 12.7. The number of nitrogens with zero attached hydrogens (tertiary/aromatic N) is 1. The van der Waals surface area contributed by atoms with E-state index in [0.717, 1.165) is 30.2 Å². The molecule has 1 aromatic heterocycles. The lowest BCUT2D eigenvalue weighted by molar-refractivity contribution is 0.0331. The molecule has 2 unspecified atom stereocenters. The van der Waals surface area contributed by atoms with Crippen molar-refractivity contribution in [1.29, 1.82) is 0 Å². The van der Waals surface area contributed by atoms with Crippen LogP contribution in [0.4, 0.5) is 0 Å². The van der Waals surface area contributed by atoms with E-state index in [1.54, 1.807) is 0 Å². The van der Waals surface area contributed by atoms with E-state index < -0.39 is 0 Å². The molecule has 0 radical (unpaired) electrons. The number of rotatable bonds is 2. The Balaban J connectivity index is 1.82. The summed E-state index contributed by atoms with van der Waals surface area (Å²) in [5.41, 5.74) is 1.68. The van der Waals surface area contributed by atoms with Crippen molar-refractivity contribution in [2.24, 2.45) is 7.05 Å². The minimum atomic E-state index is -0.223. The summed E-state index contributed by atoms with van der Waals surface area (Å²) < 4.78 is 7.59. The van der Waals surface area contributed by atoms with E-state index >= 15 is 0 Å². The topological polar surface area (TPSA) is 31.2 Å². The van der Waals surface area contributed by atoms with Gasteiger partial charge in [0.2, 0.25) is 0 Å². The van der Waals surface area contributed by atoms with Gasteiger partial charge in [-0.15, -0.1) is 0 Å². The van der Waals surface area contributed by atoms with E-state index in [0.29, 0.717) is 10.4 Å². The molecule has 0 N–H and O–H groups in total. The number of benzene rings is 1. The average Bonchev–Trinajstić information content (AvgIpc) is 2.97. The van der Waals surface area contributed by atoms with E-state index in [2.05, 4.69) is 15.9 Å². The number of carbonyl (C=O) groups excluding carboxylic acids is 1. The molecule has 0 saturated heterocycles. The van der Waals surface area contributed by atoms with Gasteiger partial charge in [-0.1, -0.05) is 22.0 Å². The summed E-state index contributed by atoms with van der Waals surface area (Å²) in [6, 6.07) is 7.74. The highest BCUT2D eigenvalue weighted by Crippen LogP contribution is 2.29. The first-order chi connectivity index (χ1) is 9.15. The zero-order valence-corrected chi connectivity index (χ0v) is 12.4. The smallest absolute Gasteiger partial charge is 0.338 e. The van der Waals surface area contributed by atoms with E-state index in [1.807, 2.05) is 42.1 Å². The van der Waals surface area contributed by atoms with Gasteiger partial charge < -0.3 is 9.30 Å². The second-order valence-corrected chi connectivity index (χ2v) is 6.27. The van der Waals surface area contributed by atoms with Gasteiger partial charge >= 0.3 is 5.97 Å². The molecule has 19 heavy (non-hydrogen) atoms. The number of alkyl halides is 1. The summed E-state index contributed by atoms with van der Waals surface area (Å²) >= 11 is 3.57. The third-order valence-corrected chi connectivity index (χ3v) is 4.80. The molecule has 1 fully saturated rings. The minimum absolute atomic E-state index is 0.0107. The molecule has 4 heteroatoms. The van der Waals surface area contributed by atoms with Crippen molar-refractivity contribution in [2.75, 3.05) is 0 Å². The summed E-state index contributed by atoms with van der Waals surface area (Å²) in [6.45, 7) is 0. The molecular weight excluding hydrogens is 306 g/mol. The molecule has 2 atom stereocenters. The molecule has 1 aliphatic carbocycles. The highest BCUT2D eigenvalue weighted by Gasteiger charge is 2.28. The Morgan fingerprint density at radius 2 is 2.21 bits per heavy atom. The molecule has 0 bridgehead atoms. The molecule has 1 aromatic carbocycles. The van der Waals surface area contributed by atoms with Gasteiger partial charge in [0.15, 0.2) is 0 Å². The summed E-state index contributed by atoms with van der Waals surface area (Å²) in [5, 5.41) is 1.14. The predicted octanol–water partition coefficient (Wildman–Crippen LogP) is 3.65. The van der Waals surface area contributed by atoms with E-state index in [4.69, 9.17) is 4.74 Å². The standard InChI is InChI=1S/C15H16BrNO2/c1-17-8-7-10-5-6-11(9-13(10)17)15(18)19-14-4-2-3-12(14)16/h5-9,12,14H,2-4H2,1H3. The fourth-order valence-corrected chi connectivity index (χ4v) is 3.30. The van der Waals surface area contributed by atoms with Crippen LogP contribution >= 0.6 is 15.9 Å². The Labute approximate surface area is 120 Å². The summed E-state index contributed by atoms with van der Waals surface area (Å²) in [4.78, 5) is 12.5. The lowest BCUT2D eigenvalue weighted by Crippen LogP contribution is -2.22. The van der Waals surface area contributed by atoms with Crippen LogP contribution in [-0.4, -0.2) is 21.5 Å². The van der Waals surface area contributed by atoms with Crippen LogP contribution in [0.2, 0.25) is 0 Å². The molecule has 3 rings (SSSR count). The molecular formula is C15H16BrNO2. The first-order valence-electron chi connectivity index (χ1n) is 6.55. The Morgan fingerprint density at radius 3 is 2.95 bits per heavy atom. The maximum absolute atomic E-state index is 12.2. The molecule has 2 aromatic rings. The maximum atomic E-state index is 12.2. The van der Waals surface area contributed by atoms with Crippen molar-refractivity contribution in [2.45, 2.75) is 30.2 Å². The Kier molecular flexibility index (Phi) is 3.35. The number of hydrogen-bond acceptors (Lipinski definition) is 2. The highest BCUT2D eigenvalue weighted by molar-refractivity contribution is 9.09. The second-order valence-electron chi connectivity index (χ2n) is 5.09. The van der Waals surface area contributed by atoms with Crippen molar-refractivity contribution in [3.8, 4) is 0 Å². The Morgan fingerprint density at radius 1 is 1.37 bits per heavy atom. The van der Waals surface area contributed by atoms with Crippen LogP contribution in [0.5, 0.6) is 0 Å². The number of aryl methyl sites for hydroxylation is 1. The fourth-order valence-electron chi connectivity index (χ4n) is 2.61. The van der Waals surface area contributed by atoms with Crippen molar-refractivity contribution in [3.05, 3.63) is 36.0 Å². The van der Waals surface area contributed by atoms with Gasteiger partial charge in [-0.3, -0.25) is 0 Å². The van der Waals surface area contributed by atoms with Crippen LogP contribution < -0.4 is 0 Å². The first-order valence-corrected chi connectivity index (χ1v) is 7.47. The minimum Gasteiger partial charge on any atom is -0.458 e. The van der Waals surface area contributed by atoms with E-state index in [1.165, 1.54) is 0 Å². The zero-order valence-electron chi connectivity index (χ0n) is 10.8. The second kappa shape index (κ2) is 5.00. The van der Waals surface area contributed by atoms with Crippen molar-refractivity contribution < 1.29 is 9.53 Å². The number of halogens is 1. The van der Waals surface area contributed by atoms with Gasteiger partial charge in [0, 0.05) is 18.8 Å². The number of hydrogen-bond donors (Lipinski definition) is 0. The number of carbonyl (C=O) groups is 1. The van der Waals surface area contributed by atoms with Crippen LogP contribution in [0, 0.1) is 0 Å². The number of fused-ring (bicyclic) bond motifs is 1. The molecule has 1 aliphatic rings. The van der Waals surface area contributed by atoms with Crippen LogP contribution in [0.15, 0.2) is 30.5 Å². The molecule has 100 valence electrons. The zero-order chi connectivity index (χ0) is 13.4. The lowest BCUT2D eigenvalue weighted by Gasteiger charge is -2.15. The van der Waals surface area contributed by atoms with Gasteiger partial charge in [0.05, 0.1) is 10.4 Å². The lowest BCUT2D eigenvalue weighted by atomic mass is 10.1. The molecule has 3 nitrogen and oxygen atoms in total. The normalized spacial score (nSPS) is 22.8. The van der Waals surface area contributed by atoms with Crippen LogP contribution in [0.25, 0.3) is 10.9 Å². The summed E-state index contributed by atoms with van der Waals surface area (Å²) in [7, 11) is 1.98. The van der Waals surface area contributed by atoms with Crippen LogP contribution in [-0.2, 0) is 11.8 Å². The van der Waals surface area contributed by atoms with Gasteiger partial charge in [0.1, 0.15) is 6.10 Å². The van der Waals surface area contributed by atoms with Crippen molar-refractivity contribution in [3.63, 3.8) is 0 Å². The molecule has 0 aliphatic heterocycles. The van der Waals surface area contributed by atoms with Crippen molar-refractivity contribution >= 4 is 32.8 Å². The van der Waals surface area contributed by atoms with Gasteiger partial charge in [-0.25, -0.2) is 4.79 Å². The van der Waals surface area contributed by atoms with Crippen molar-refractivity contribution in [1.82, 2.24) is 4.57 Å². The largest absolute Gasteiger partial charge is 0.458 e. The predicted molar refractivity (Wildman–Crippen MR) is 78.7 cm³/mol. The third-order valence-electron chi connectivity index (χ3n) is 3.75. The monoisotopic (exact) mass is 321 g/mol. The number of esters is 1. The maximum Gasteiger partial charge on any atom is 0.338 e. The van der Waals surface area contributed by atoms with Gasteiger partial charge in [-0.2, -0.15) is 0 Å². The number of aromatic nitrogens is 1. The van der Waals surface area contributed by atoms with E-state index in [-0.39, 0.29) is 12.1 Å². The molecule has 0 amide bonds. The molecule has 1 heterocycles. The van der Waals surface area contributed by atoms with E-state index in [9.17, 15) is 4.79 Å². The number of ether oxygens (including phenoxy) is 1. The SMILES string of the molecule is Cn1ccc2ccc(C(=O)OC3CCCC3Br)cc21.